The molecule has 374 valence electrons. The summed E-state index contributed by atoms with van der Waals surface area (Å²) in [6.07, 6.45) is 34.5. The van der Waals surface area contributed by atoms with E-state index in [1.165, 1.54) is 173 Å². The van der Waals surface area contributed by atoms with Crippen LogP contribution in [0.2, 0.25) is 0 Å². The van der Waals surface area contributed by atoms with Crippen molar-refractivity contribution in [1.82, 2.24) is 0 Å². The molecule has 1 heterocycles. The van der Waals surface area contributed by atoms with Gasteiger partial charge < -0.3 is 34.3 Å². The average molecular weight is 921 g/mol. The smallest absolute Gasteiger partial charge is 0.306 e. The van der Waals surface area contributed by atoms with Gasteiger partial charge in [-0.15, -0.1) is 0 Å². The zero-order valence-corrected chi connectivity index (χ0v) is 41.0. The lowest BCUT2D eigenvalue weighted by Gasteiger charge is -2.40. The van der Waals surface area contributed by atoms with Crippen LogP contribution in [-0.4, -0.2) is 96.0 Å². The second-order valence-corrected chi connectivity index (χ2v) is 20.1. The lowest BCUT2D eigenvalue weighted by molar-refractivity contribution is -0.297. The number of hydrogen-bond acceptors (Lipinski definition) is 11. The highest BCUT2D eigenvalue weighted by Crippen LogP contribution is 2.24. The van der Waals surface area contributed by atoms with E-state index in [9.17, 15) is 37.9 Å². The van der Waals surface area contributed by atoms with Gasteiger partial charge in [0.25, 0.3) is 10.1 Å². The molecule has 63 heavy (non-hydrogen) atoms. The highest BCUT2D eigenvalue weighted by atomic mass is 32.2. The maximum atomic E-state index is 12.9. The van der Waals surface area contributed by atoms with Crippen molar-refractivity contribution < 1.29 is 56.8 Å². The van der Waals surface area contributed by atoms with Crippen LogP contribution in [0.4, 0.5) is 0 Å². The van der Waals surface area contributed by atoms with Gasteiger partial charge in [0.15, 0.2) is 12.4 Å². The number of rotatable bonds is 45. The van der Waals surface area contributed by atoms with Gasteiger partial charge in [0.05, 0.1) is 6.61 Å². The summed E-state index contributed by atoms with van der Waals surface area (Å²) >= 11 is 0. The van der Waals surface area contributed by atoms with Gasteiger partial charge in [-0.05, 0) is 12.8 Å². The molecule has 1 aliphatic heterocycles. The van der Waals surface area contributed by atoms with Gasteiger partial charge in [0.2, 0.25) is 0 Å². The Hall–Kier alpha value is -1.35. The Bertz CT molecular complexity index is 1170. The molecule has 0 radical (unpaired) electrons. The Morgan fingerprint density at radius 1 is 0.476 bits per heavy atom. The zero-order valence-electron chi connectivity index (χ0n) is 40.2. The number of unbranched alkanes of at least 4 members (excludes halogenated alkanes) is 33. The summed E-state index contributed by atoms with van der Waals surface area (Å²) in [6.45, 7) is 3.79. The first-order valence-corrected chi connectivity index (χ1v) is 27.7. The number of hydrogen-bond donors (Lipinski definition) is 4. The van der Waals surface area contributed by atoms with E-state index in [1.54, 1.807) is 0 Å². The molecule has 1 rings (SSSR count). The fourth-order valence-electron chi connectivity index (χ4n) is 8.39. The van der Waals surface area contributed by atoms with Crippen molar-refractivity contribution >= 4 is 22.1 Å². The molecule has 1 saturated heterocycles. The van der Waals surface area contributed by atoms with Crippen molar-refractivity contribution in [3.05, 3.63) is 0 Å². The number of carbonyl (C=O) groups is 2. The summed E-state index contributed by atoms with van der Waals surface area (Å²) in [5.41, 5.74) is 0. The van der Waals surface area contributed by atoms with Crippen LogP contribution in [0.3, 0.4) is 0 Å². The largest absolute Gasteiger partial charge is 0.462 e. The van der Waals surface area contributed by atoms with E-state index in [2.05, 4.69) is 13.8 Å². The molecule has 4 N–H and O–H groups in total. The van der Waals surface area contributed by atoms with Crippen molar-refractivity contribution in [1.29, 1.82) is 0 Å². The fourth-order valence-corrected chi connectivity index (χ4v) is 9.08. The van der Waals surface area contributed by atoms with Gasteiger partial charge in [0.1, 0.15) is 36.8 Å². The summed E-state index contributed by atoms with van der Waals surface area (Å²) < 4.78 is 54.2. The van der Waals surface area contributed by atoms with Crippen molar-refractivity contribution in [3.63, 3.8) is 0 Å². The Morgan fingerprint density at radius 2 is 0.810 bits per heavy atom. The molecule has 13 heteroatoms. The first-order chi connectivity index (χ1) is 30.5. The average Bonchev–Trinajstić information content (AvgIpc) is 3.25. The zero-order chi connectivity index (χ0) is 46.2. The summed E-state index contributed by atoms with van der Waals surface area (Å²) in [5.74, 6) is -1.96. The van der Waals surface area contributed by atoms with Crippen LogP contribution in [0.1, 0.15) is 251 Å². The predicted molar refractivity (Wildman–Crippen MR) is 252 cm³/mol. The van der Waals surface area contributed by atoms with Crippen molar-refractivity contribution in [2.45, 2.75) is 288 Å². The van der Waals surface area contributed by atoms with Gasteiger partial charge in [0, 0.05) is 12.8 Å². The number of aliphatic hydroxyl groups is 3. The van der Waals surface area contributed by atoms with E-state index in [4.69, 9.17) is 18.9 Å². The third kappa shape index (κ3) is 35.5. The molecule has 0 bridgehead atoms. The molecular weight excluding hydrogens is 825 g/mol. The number of esters is 2. The minimum absolute atomic E-state index is 0.173. The second-order valence-electron chi connectivity index (χ2n) is 18.6. The summed E-state index contributed by atoms with van der Waals surface area (Å²) in [7, 11) is -4.60. The molecule has 0 saturated carbocycles. The van der Waals surface area contributed by atoms with E-state index in [0.29, 0.717) is 12.8 Å². The monoisotopic (exact) mass is 921 g/mol. The van der Waals surface area contributed by atoms with Gasteiger partial charge in [-0.1, -0.05) is 226 Å². The maximum Gasteiger partial charge on any atom is 0.306 e. The fraction of sp³-hybridized carbons (Fsp3) is 0.960. The van der Waals surface area contributed by atoms with Crippen molar-refractivity contribution in [3.8, 4) is 0 Å². The molecule has 1 fully saturated rings. The molecule has 0 aromatic carbocycles. The lowest BCUT2D eigenvalue weighted by Crippen LogP contribution is -2.60. The van der Waals surface area contributed by atoms with E-state index in [0.717, 1.165) is 38.5 Å². The third-order valence-electron chi connectivity index (χ3n) is 12.4. The molecule has 0 aromatic heterocycles. The SMILES string of the molecule is CCCCCCCCCCCCCCCCCCCCCCCCCCC(=O)OC(COC(=O)CCCCCCCCCCCCC)COC1OC(CS(=O)(=O)O)C(O)C(O)C1O. The van der Waals surface area contributed by atoms with Crippen LogP contribution in [0.15, 0.2) is 0 Å². The molecule has 6 unspecified atom stereocenters. The highest BCUT2D eigenvalue weighted by molar-refractivity contribution is 7.85. The number of ether oxygens (including phenoxy) is 4. The predicted octanol–water partition coefficient (Wildman–Crippen LogP) is 11.6. The van der Waals surface area contributed by atoms with Crippen LogP contribution in [0, 0.1) is 0 Å². The second kappa shape index (κ2) is 40.9. The molecular formula is C50H96O12S. The van der Waals surface area contributed by atoms with E-state index < -0.39 is 71.2 Å². The quantitative estimate of drug-likeness (QED) is 0.0258. The van der Waals surface area contributed by atoms with Gasteiger partial charge in [-0.25, -0.2) is 0 Å². The summed E-state index contributed by atoms with van der Waals surface area (Å²) in [6, 6.07) is 0. The molecule has 0 spiro atoms. The van der Waals surface area contributed by atoms with Gasteiger partial charge in [-0.3, -0.25) is 14.1 Å². The standard InChI is InChI=1S/C50H96O12S/c1-3-5-7-9-11-13-15-16-17-18-19-20-21-22-23-24-25-26-27-29-31-33-35-37-39-46(52)61-43(40-59-45(51)38-36-34-32-30-28-14-12-10-8-6-4-2)41-60-50-49(55)48(54)47(53)44(62-50)42-63(56,57)58/h43-44,47-50,53-55H,3-42H2,1-2H3,(H,56,57,58). The molecule has 0 amide bonds. The Morgan fingerprint density at radius 3 is 1.16 bits per heavy atom. The Labute approximate surface area is 384 Å². The molecule has 12 nitrogen and oxygen atoms in total. The summed E-state index contributed by atoms with van der Waals surface area (Å²) in [5, 5.41) is 30.9. The van der Waals surface area contributed by atoms with E-state index in [1.807, 2.05) is 0 Å². The van der Waals surface area contributed by atoms with Crippen molar-refractivity contribution in [2.24, 2.45) is 0 Å². The van der Waals surface area contributed by atoms with Gasteiger partial charge in [-0.2, -0.15) is 8.42 Å². The van der Waals surface area contributed by atoms with Crippen LogP contribution in [-0.2, 0) is 38.7 Å². The number of carbonyl (C=O) groups excluding carboxylic acids is 2. The van der Waals surface area contributed by atoms with E-state index >= 15 is 0 Å². The Kier molecular flexibility index (Phi) is 38.7. The topological polar surface area (TPSA) is 186 Å². The number of aliphatic hydroxyl groups excluding tert-OH is 3. The van der Waals surface area contributed by atoms with E-state index in [-0.39, 0.29) is 19.4 Å². The lowest BCUT2D eigenvalue weighted by atomic mass is 10.00. The summed E-state index contributed by atoms with van der Waals surface area (Å²) in [4.78, 5) is 25.4. The molecule has 6 atom stereocenters. The first-order valence-electron chi connectivity index (χ1n) is 26.1. The van der Waals surface area contributed by atoms with Crippen LogP contribution >= 0.6 is 0 Å². The molecule has 1 aliphatic rings. The Balaban J connectivity index is 2.29. The van der Waals surface area contributed by atoms with Crippen LogP contribution < -0.4 is 0 Å². The maximum absolute atomic E-state index is 12.9. The third-order valence-corrected chi connectivity index (χ3v) is 13.2. The van der Waals surface area contributed by atoms with Crippen molar-refractivity contribution in [2.75, 3.05) is 19.0 Å². The van der Waals surface area contributed by atoms with Crippen LogP contribution in [0.5, 0.6) is 0 Å². The van der Waals surface area contributed by atoms with Gasteiger partial charge >= 0.3 is 11.9 Å². The molecule has 0 aromatic rings. The minimum atomic E-state index is -4.60. The van der Waals surface area contributed by atoms with Crippen LogP contribution in [0.25, 0.3) is 0 Å². The highest BCUT2D eigenvalue weighted by Gasteiger charge is 2.46. The molecule has 0 aliphatic carbocycles. The minimum Gasteiger partial charge on any atom is -0.462 e. The normalized spacial score (nSPS) is 19.6. The first kappa shape index (κ1) is 59.7.